The van der Waals surface area contributed by atoms with Gasteiger partial charge in [-0.3, -0.25) is 9.59 Å². The number of aryl methyl sites for hydroxylation is 2. The largest absolute Gasteiger partial charge is 0.478 e. The molecule has 2 aromatic rings. The Labute approximate surface area is 220 Å². The molecule has 1 amide bonds. The standard InChI is InChI=1S/C23H28N2O3S.C4H4O4/c1-15-6-9-18(10-7-15)22-21(28-17(3)26)23(27)25(13-12-24(4)5)19-11-8-16(2)14-20(19)29-22;5-3(6)1-2-4(7)8/h6-11,14,21-22H,12-13H2,1-5H3;1-2H,(H,5,6)(H,7,8). The van der Waals surface area contributed by atoms with E-state index in [1.807, 2.05) is 69.2 Å². The van der Waals surface area contributed by atoms with Crippen LogP contribution in [0.4, 0.5) is 5.69 Å². The Bertz CT molecular complexity index is 1150. The van der Waals surface area contributed by atoms with Crippen LogP contribution >= 0.6 is 11.8 Å². The minimum atomic E-state index is -1.26. The molecule has 0 saturated carbocycles. The second-order valence-corrected chi connectivity index (χ2v) is 9.94. The van der Waals surface area contributed by atoms with Crippen LogP contribution in [0, 0.1) is 13.8 Å². The lowest BCUT2D eigenvalue weighted by atomic mass is 10.0. The summed E-state index contributed by atoms with van der Waals surface area (Å²) in [5.41, 5.74) is 4.12. The molecular formula is C27H32N2O7S. The number of esters is 1. The fourth-order valence-electron chi connectivity index (χ4n) is 3.50. The molecule has 9 nitrogen and oxygen atoms in total. The van der Waals surface area contributed by atoms with E-state index in [2.05, 4.69) is 6.07 Å². The van der Waals surface area contributed by atoms with Crippen molar-refractivity contribution >= 4 is 41.3 Å². The number of anilines is 1. The van der Waals surface area contributed by atoms with Gasteiger partial charge in [-0.2, -0.15) is 0 Å². The van der Waals surface area contributed by atoms with Gasteiger partial charge in [-0.05, 0) is 51.2 Å². The number of likely N-dealkylation sites (N-methyl/N-ethyl adjacent to an activating group) is 1. The number of nitrogens with zero attached hydrogens (tertiary/aromatic N) is 2. The number of carboxylic acids is 2. The van der Waals surface area contributed by atoms with Crippen LogP contribution in [-0.2, 0) is 23.9 Å². The molecule has 0 bridgehead atoms. The Balaban J connectivity index is 0.000000521. The summed E-state index contributed by atoms with van der Waals surface area (Å²) in [6.45, 7) is 6.67. The third-order valence-electron chi connectivity index (χ3n) is 5.28. The Hall–Kier alpha value is -3.63. The van der Waals surface area contributed by atoms with Crippen LogP contribution in [0.1, 0.15) is 28.9 Å². The third kappa shape index (κ3) is 9.07. The summed E-state index contributed by atoms with van der Waals surface area (Å²) in [6.07, 6.45) is 0.236. The molecule has 0 radical (unpaired) electrons. The molecule has 0 fully saturated rings. The minimum Gasteiger partial charge on any atom is -0.478 e. The molecule has 2 N–H and O–H groups in total. The van der Waals surface area contributed by atoms with Gasteiger partial charge < -0.3 is 24.7 Å². The lowest BCUT2D eigenvalue weighted by molar-refractivity contribution is -0.152. The lowest BCUT2D eigenvalue weighted by Crippen LogP contribution is -2.45. The van der Waals surface area contributed by atoms with Crippen molar-refractivity contribution in [1.29, 1.82) is 0 Å². The second kappa shape index (κ2) is 13.6. The molecule has 2 unspecified atom stereocenters. The molecule has 1 aliphatic heterocycles. The average Bonchev–Trinajstić information content (AvgIpc) is 2.91. The van der Waals surface area contributed by atoms with Gasteiger partial charge in [0.15, 0.2) is 6.10 Å². The summed E-state index contributed by atoms with van der Waals surface area (Å²) in [4.78, 5) is 49.4. The second-order valence-electron chi connectivity index (χ2n) is 8.75. The van der Waals surface area contributed by atoms with Crippen LogP contribution in [0.5, 0.6) is 0 Å². The number of aliphatic carboxylic acids is 2. The number of ether oxygens (including phenoxy) is 1. The minimum absolute atomic E-state index is 0.178. The Kier molecular flexibility index (Phi) is 10.9. The van der Waals surface area contributed by atoms with Crippen LogP contribution in [0.3, 0.4) is 0 Å². The van der Waals surface area contributed by atoms with Gasteiger partial charge >= 0.3 is 17.9 Å². The first-order chi connectivity index (χ1) is 17.4. The van der Waals surface area contributed by atoms with E-state index in [1.54, 1.807) is 16.7 Å². The van der Waals surface area contributed by atoms with E-state index in [1.165, 1.54) is 6.92 Å². The highest BCUT2D eigenvalue weighted by Gasteiger charge is 2.40. The maximum atomic E-state index is 13.6. The van der Waals surface area contributed by atoms with Gasteiger partial charge in [0, 0.05) is 37.1 Å². The van der Waals surface area contributed by atoms with E-state index in [-0.39, 0.29) is 11.2 Å². The molecule has 0 aliphatic carbocycles. The maximum Gasteiger partial charge on any atom is 0.328 e. The van der Waals surface area contributed by atoms with Crippen molar-refractivity contribution in [3.63, 3.8) is 0 Å². The van der Waals surface area contributed by atoms with Crippen LogP contribution < -0.4 is 4.90 Å². The molecular weight excluding hydrogens is 496 g/mol. The van der Waals surface area contributed by atoms with E-state index in [9.17, 15) is 19.2 Å². The average molecular weight is 529 g/mol. The molecule has 3 rings (SSSR count). The van der Waals surface area contributed by atoms with Crippen molar-refractivity contribution in [3.05, 3.63) is 71.3 Å². The summed E-state index contributed by atoms with van der Waals surface area (Å²) in [5, 5.41) is 15.3. The fourth-order valence-corrected chi connectivity index (χ4v) is 4.92. The third-order valence-corrected chi connectivity index (χ3v) is 6.64. The lowest BCUT2D eigenvalue weighted by Gasteiger charge is -2.28. The van der Waals surface area contributed by atoms with Gasteiger partial charge in [0.25, 0.3) is 5.91 Å². The first-order valence-electron chi connectivity index (χ1n) is 11.5. The number of fused-ring (bicyclic) bond motifs is 1. The topological polar surface area (TPSA) is 124 Å². The van der Waals surface area contributed by atoms with Gasteiger partial charge in [0.05, 0.1) is 10.9 Å². The predicted molar refractivity (Wildman–Crippen MR) is 142 cm³/mol. The highest BCUT2D eigenvalue weighted by Crippen LogP contribution is 2.47. The predicted octanol–water partition coefficient (Wildman–Crippen LogP) is 3.69. The van der Waals surface area contributed by atoms with Gasteiger partial charge in [-0.25, -0.2) is 9.59 Å². The number of amides is 1. The van der Waals surface area contributed by atoms with Crippen molar-refractivity contribution < 1.29 is 34.1 Å². The number of carboxylic acid groups (broad SMARTS) is 2. The van der Waals surface area contributed by atoms with Gasteiger partial charge in [0.2, 0.25) is 0 Å². The Morgan fingerprint density at radius 3 is 2.08 bits per heavy atom. The number of thioether (sulfide) groups is 1. The van der Waals surface area contributed by atoms with Crippen molar-refractivity contribution in [2.24, 2.45) is 0 Å². The number of benzene rings is 2. The molecule has 2 aromatic carbocycles. The number of hydrogen-bond donors (Lipinski definition) is 2. The molecule has 2 atom stereocenters. The molecule has 37 heavy (non-hydrogen) atoms. The number of carbonyl (C=O) groups is 4. The van der Waals surface area contributed by atoms with E-state index in [0.717, 1.165) is 27.3 Å². The van der Waals surface area contributed by atoms with Crippen LogP contribution in [0.15, 0.2) is 59.5 Å². The number of rotatable bonds is 7. The Morgan fingerprint density at radius 2 is 1.57 bits per heavy atom. The number of carbonyl (C=O) groups excluding carboxylic acids is 2. The van der Waals surface area contributed by atoms with Crippen molar-refractivity contribution in [2.45, 2.75) is 37.0 Å². The zero-order valence-corrected chi connectivity index (χ0v) is 22.3. The van der Waals surface area contributed by atoms with Gasteiger partial charge in [-0.1, -0.05) is 35.9 Å². The SMILES string of the molecule is CC(=O)OC1C(=O)N(CCN(C)C)c2ccc(C)cc2SC1c1ccc(C)cc1.O=C(O)C=CC(=O)O. The van der Waals surface area contributed by atoms with E-state index in [0.29, 0.717) is 25.2 Å². The maximum absolute atomic E-state index is 13.6. The zero-order valence-electron chi connectivity index (χ0n) is 21.5. The van der Waals surface area contributed by atoms with E-state index in [4.69, 9.17) is 14.9 Å². The monoisotopic (exact) mass is 528 g/mol. The smallest absolute Gasteiger partial charge is 0.328 e. The molecule has 0 aromatic heterocycles. The van der Waals surface area contributed by atoms with Crippen molar-refractivity contribution in [3.8, 4) is 0 Å². The molecule has 10 heteroatoms. The normalized spacial score (nSPS) is 17.0. The molecule has 0 spiro atoms. The quantitative estimate of drug-likeness (QED) is 0.409. The van der Waals surface area contributed by atoms with Gasteiger partial charge in [-0.15, -0.1) is 11.8 Å². The number of hydrogen-bond acceptors (Lipinski definition) is 7. The highest BCUT2D eigenvalue weighted by molar-refractivity contribution is 7.99. The van der Waals surface area contributed by atoms with Crippen molar-refractivity contribution in [1.82, 2.24) is 4.90 Å². The van der Waals surface area contributed by atoms with Gasteiger partial charge in [0.1, 0.15) is 0 Å². The first-order valence-corrected chi connectivity index (χ1v) is 12.4. The molecule has 0 saturated heterocycles. The Morgan fingerprint density at radius 1 is 1.00 bits per heavy atom. The first kappa shape index (κ1) is 29.6. The van der Waals surface area contributed by atoms with Crippen LogP contribution in [0.2, 0.25) is 0 Å². The zero-order chi connectivity index (χ0) is 27.7. The van der Waals surface area contributed by atoms with Crippen LogP contribution in [-0.4, -0.2) is 72.2 Å². The van der Waals surface area contributed by atoms with Crippen molar-refractivity contribution in [2.75, 3.05) is 32.1 Å². The molecule has 1 aliphatic rings. The highest BCUT2D eigenvalue weighted by atomic mass is 32.2. The summed E-state index contributed by atoms with van der Waals surface area (Å²) in [6, 6.07) is 14.2. The van der Waals surface area contributed by atoms with E-state index >= 15 is 0 Å². The molecule has 198 valence electrons. The summed E-state index contributed by atoms with van der Waals surface area (Å²) >= 11 is 1.59. The molecule has 1 heterocycles. The summed E-state index contributed by atoms with van der Waals surface area (Å²) in [5.74, 6) is -3.14. The van der Waals surface area contributed by atoms with E-state index < -0.39 is 24.0 Å². The van der Waals surface area contributed by atoms with Crippen LogP contribution in [0.25, 0.3) is 0 Å². The summed E-state index contributed by atoms with van der Waals surface area (Å²) < 4.78 is 5.61. The summed E-state index contributed by atoms with van der Waals surface area (Å²) in [7, 11) is 3.96. The fraction of sp³-hybridized carbons (Fsp3) is 0.333.